The van der Waals surface area contributed by atoms with E-state index < -0.39 is 0 Å². The molecule has 6 nitrogen and oxygen atoms in total. The topological polar surface area (TPSA) is 61.9 Å². The summed E-state index contributed by atoms with van der Waals surface area (Å²) < 4.78 is 5.58. The Labute approximate surface area is 138 Å². The molecule has 0 spiro atoms. The minimum atomic E-state index is -0.176. The van der Waals surface area contributed by atoms with Gasteiger partial charge in [0.1, 0.15) is 12.3 Å². The van der Waals surface area contributed by atoms with E-state index in [0.717, 1.165) is 12.3 Å². The fourth-order valence-corrected chi connectivity index (χ4v) is 1.98. The molecular formula is C17H27N3O3. The van der Waals surface area contributed by atoms with E-state index in [1.54, 1.807) is 24.3 Å². The first kappa shape index (κ1) is 19.0. The Kier molecular flexibility index (Phi) is 7.54. The third-order valence-electron chi connectivity index (χ3n) is 3.08. The summed E-state index contributed by atoms with van der Waals surface area (Å²) in [6.07, 6.45) is 0.0900. The first-order valence-electron chi connectivity index (χ1n) is 7.76. The van der Waals surface area contributed by atoms with Crippen molar-refractivity contribution in [1.29, 1.82) is 0 Å². The molecule has 6 heteroatoms. The summed E-state index contributed by atoms with van der Waals surface area (Å²) in [7, 11) is 3.88. The third-order valence-corrected chi connectivity index (χ3v) is 3.08. The van der Waals surface area contributed by atoms with Crippen molar-refractivity contribution in [1.82, 2.24) is 10.2 Å². The summed E-state index contributed by atoms with van der Waals surface area (Å²) in [5.41, 5.74) is 0.677. The van der Waals surface area contributed by atoms with Crippen molar-refractivity contribution >= 4 is 17.5 Å². The van der Waals surface area contributed by atoms with Gasteiger partial charge in [0.15, 0.2) is 0 Å². The number of carbonyl (C=O) groups is 2. The van der Waals surface area contributed by atoms with Gasteiger partial charge in [0.2, 0.25) is 11.8 Å². The van der Waals surface area contributed by atoms with E-state index >= 15 is 0 Å². The third kappa shape index (κ3) is 7.15. The molecule has 1 N–H and O–H groups in total. The fourth-order valence-electron chi connectivity index (χ4n) is 1.98. The van der Waals surface area contributed by atoms with Gasteiger partial charge in [-0.25, -0.2) is 0 Å². The highest BCUT2D eigenvalue weighted by molar-refractivity contribution is 5.97. The number of likely N-dealkylation sites (N-methyl/N-ethyl adjacent to an activating group) is 1. The molecule has 0 unspecified atom stereocenters. The number of carbonyl (C=O) groups excluding carboxylic acids is 2. The van der Waals surface area contributed by atoms with Crippen LogP contribution in [0, 0.1) is 0 Å². The largest absolute Gasteiger partial charge is 0.491 e. The van der Waals surface area contributed by atoms with Crippen LogP contribution in [0.15, 0.2) is 24.3 Å². The van der Waals surface area contributed by atoms with E-state index in [-0.39, 0.29) is 24.5 Å². The number of nitrogens with one attached hydrogen (secondary N) is 1. The van der Waals surface area contributed by atoms with E-state index in [2.05, 4.69) is 5.32 Å². The zero-order chi connectivity index (χ0) is 17.4. The average Bonchev–Trinajstić information content (AvgIpc) is 2.44. The van der Waals surface area contributed by atoms with Gasteiger partial charge in [-0.1, -0.05) is 0 Å². The molecule has 0 fully saturated rings. The number of ether oxygens (including phenoxy) is 1. The van der Waals surface area contributed by atoms with Gasteiger partial charge in [-0.15, -0.1) is 0 Å². The summed E-state index contributed by atoms with van der Waals surface area (Å²) in [5, 5.41) is 2.81. The Bertz CT molecular complexity index is 512. The van der Waals surface area contributed by atoms with Crippen LogP contribution in [0.25, 0.3) is 0 Å². The van der Waals surface area contributed by atoms with Gasteiger partial charge in [-0.05, 0) is 52.2 Å². The monoisotopic (exact) mass is 321 g/mol. The summed E-state index contributed by atoms with van der Waals surface area (Å²) in [4.78, 5) is 27.2. The van der Waals surface area contributed by atoms with E-state index in [4.69, 9.17) is 4.74 Å². The van der Waals surface area contributed by atoms with E-state index in [1.165, 1.54) is 11.8 Å². The summed E-state index contributed by atoms with van der Waals surface area (Å²) in [5.74, 6) is 0.387. The molecular weight excluding hydrogens is 294 g/mol. The molecule has 1 rings (SSSR count). The zero-order valence-corrected chi connectivity index (χ0v) is 14.6. The van der Waals surface area contributed by atoms with Gasteiger partial charge >= 0.3 is 0 Å². The molecule has 0 aliphatic carbocycles. The number of amides is 2. The Balaban J connectivity index is 2.67. The van der Waals surface area contributed by atoms with Crippen LogP contribution in [0.1, 0.15) is 20.8 Å². The molecule has 0 bridgehead atoms. The molecule has 0 heterocycles. The van der Waals surface area contributed by atoms with Gasteiger partial charge in [-0.2, -0.15) is 0 Å². The molecule has 2 amide bonds. The fraction of sp³-hybridized carbons (Fsp3) is 0.529. The van der Waals surface area contributed by atoms with Crippen molar-refractivity contribution in [3.05, 3.63) is 24.3 Å². The van der Waals surface area contributed by atoms with Gasteiger partial charge in [0.05, 0.1) is 6.10 Å². The number of nitrogens with zero attached hydrogens (tertiary/aromatic N) is 2. The van der Waals surface area contributed by atoms with Crippen LogP contribution in [0.4, 0.5) is 5.69 Å². The number of anilines is 1. The van der Waals surface area contributed by atoms with Gasteiger partial charge in [0, 0.05) is 25.7 Å². The molecule has 1 aromatic carbocycles. The summed E-state index contributed by atoms with van der Waals surface area (Å²) >= 11 is 0. The van der Waals surface area contributed by atoms with Gasteiger partial charge < -0.3 is 19.9 Å². The smallest absolute Gasteiger partial charge is 0.240 e. The predicted octanol–water partition coefficient (Wildman–Crippen LogP) is 1.50. The molecule has 0 atom stereocenters. The lowest BCUT2D eigenvalue weighted by atomic mass is 10.2. The molecule has 0 aromatic heterocycles. The van der Waals surface area contributed by atoms with E-state index in [9.17, 15) is 9.59 Å². The summed E-state index contributed by atoms with van der Waals surface area (Å²) in [6.45, 7) is 6.67. The highest BCUT2D eigenvalue weighted by atomic mass is 16.5. The second-order valence-corrected chi connectivity index (χ2v) is 5.92. The van der Waals surface area contributed by atoms with Crippen LogP contribution in [-0.4, -0.2) is 56.5 Å². The predicted molar refractivity (Wildman–Crippen MR) is 91.8 cm³/mol. The lowest BCUT2D eigenvalue weighted by Crippen LogP contribution is -2.41. The van der Waals surface area contributed by atoms with Crippen LogP contribution in [0.2, 0.25) is 0 Å². The molecule has 0 aliphatic rings. The van der Waals surface area contributed by atoms with Crippen LogP contribution >= 0.6 is 0 Å². The Morgan fingerprint density at radius 1 is 1.17 bits per heavy atom. The highest BCUT2D eigenvalue weighted by Gasteiger charge is 2.15. The number of hydrogen-bond acceptors (Lipinski definition) is 4. The quantitative estimate of drug-likeness (QED) is 0.788. The van der Waals surface area contributed by atoms with Crippen LogP contribution in [0.3, 0.4) is 0 Å². The molecule has 0 saturated heterocycles. The molecule has 128 valence electrons. The number of benzene rings is 1. The number of hydrogen-bond donors (Lipinski definition) is 1. The van der Waals surface area contributed by atoms with Crippen molar-refractivity contribution < 1.29 is 14.3 Å². The lowest BCUT2D eigenvalue weighted by Gasteiger charge is -2.21. The average molecular weight is 321 g/mol. The Hall–Kier alpha value is -2.08. The van der Waals surface area contributed by atoms with Gasteiger partial charge in [0.25, 0.3) is 0 Å². The van der Waals surface area contributed by atoms with E-state index in [0.29, 0.717) is 12.2 Å². The first-order chi connectivity index (χ1) is 10.8. The minimum absolute atomic E-state index is 0.00709. The van der Waals surface area contributed by atoms with Crippen molar-refractivity contribution in [3.8, 4) is 5.75 Å². The van der Waals surface area contributed by atoms with Crippen LogP contribution in [-0.2, 0) is 9.59 Å². The minimum Gasteiger partial charge on any atom is -0.491 e. The normalized spacial score (nSPS) is 10.7. The molecule has 23 heavy (non-hydrogen) atoms. The second kappa shape index (κ2) is 9.15. The molecule has 0 saturated carbocycles. The highest BCUT2D eigenvalue weighted by Crippen LogP contribution is 2.20. The van der Waals surface area contributed by atoms with Gasteiger partial charge in [-0.3, -0.25) is 9.59 Å². The van der Waals surface area contributed by atoms with E-state index in [1.807, 2.05) is 32.8 Å². The van der Waals surface area contributed by atoms with Crippen LogP contribution in [0.5, 0.6) is 5.75 Å². The maximum Gasteiger partial charge on any atom is 0.240 e. The second-order valence-electron chi connectivity index (χ2n) is 5.92. The maximum absolute atomic E-state index is 12.0. The van der Waals surface area contributed by atoms with Crippen LogP contribution < -0.4 is 15.0 Å². The lowest BCUT2D eigenvalue weighted by molar-refractivity contribution is -0.123. The van der Waals surface area contributed by atoms with Crippen molar-refractivity contribution in [2.24, 2.45) is 0 Å². The SMILES string of the molecule is CC(=O)N(CC(=O)NCCN(C)C)c1ccc(OC(C)C)cc1. The van der Waals surface area contributed by atoms with Crippen molar-refractivity contribution in [2.45, 2.75) is 26.9 Å². The first-order valence-corrected chi connectivity index (χ1v) is 7.76. The standard InChI is InChI=1S/C17H27N3O3/c1-13(2)23-16-8-6-15(7-9-16)20(14(3)21)12-17(22)18-10-11-19(4)5/h6-9,13H,10-12H2,1-5H3,(H,18,22). The zero-order valence-electron chi connectivity index (χ0n) is 14.6. The molecule has 0 aliphatic heterocycles. The molecule has 1 aromatic rings. The Morgan fingerprint density at radius 2 is 1.78 bits per heavy atom. The van der Waals surface area contributed by atoms with Crippen molar-refractivity contribution in [2.75, 3.05) is 38.6 Å². The molecule has 0 radical (unpaired) electrons. The Morgan fingerprint density at radius 3 is 2.26 bits per heavy atom. The van der Waals surface area contributed by atoms with Crippen molar-refractivity contribution in [3.63, 3.8) is 0 Å². The summed E-state index contributed by atoms with van der Waals surface area (Å²) in [6, 6.07) is 7.17. The number of rotatable bonds is 8. The maximum atomic E-state index is 12.0.